The average Bonchev–Trinajstić information content (AvgIpc) is 2.99. The molecule has 0 bridgehead atoms. The Kier molecular flexibility index (Phi) is 10.9. The number of aromatic nitrogens is 2. The van der Waals surface area contributed by atoms with E-state index in [0.717, 1.165) is 40.3 Å². The van der Waals surface area contributed by atoms with Gasteiger partial charge >= 0.3 is 12.1 Å². The molecule has 6 nitrogen and oxygen atoms in total. The van der Waals surface area contributed by atoms with E-state index in [1.54, 1.807) is 13.0 Å². The van der Waals surface area contributed by atoms with Gasteiger partial charge in [0.05, 0.1) is 24.6 Å². The summed E-state index contributed by atoms with van der Waals surface area (Å²) in [6, 6.07) is 16.9. The molecule has 1 atom stereocenters. The van der Waals surface area contributed by atoms with Gasteiger partial charge in [-0.1, -0.05) is 67.4 Å². The summed E-state index contributed by atoms with van der Waals surface area (Å²) in [6.45, 7) is 10.8. The molecule has 45 heavy (non-hydrogen) atoms. The molecule has 4 rings (SSSR count). The molecule has 0 aliphatic rings. The van der Waals surface area contributed by atoms with Gasteiger partial charge in [0.1, 0.15) is 0 Å². The number of carbonyl (C=O) groups is 1. The monoisotopic (exact) mass is 619 g/mol. The zero-order valence-corrected chi connectivity index (χ0v) is 26.4. The van der Waals surface area contributed by atoms with Crippen LogP contribution in [0.3, 0.4) is 0 Å². The standard InChI is InChI=1S/C36H40F3N3O3/c1-6-25(4)28-11-10-26(5)33(18-28)32-12-9-23(2)15-29(32)22-42(21-27-14-24(3)16-30(17-27)36(37,38)39)35-40-19-31(20-41-35)45-13-7-8-34(43)44/h9-12,14-20,25H,6-8,13,21-22H2,1-5H3,(H,43,44). The number of aryl methyl sites for hydroxylation is 3. The number of hydrogen-bond donors (Lipinski definition) is 1. The van der Waals surface area contributed by atoms with Crippen LogP contribution in [0.4, 0.5) is 19.1 Å². The normalized spacial score (nSPS) is 12.2. The molecular weight excluding hydrogens is 579 g/mol. The van der Waals surface area contributed by atoms with Crippen molar-refractivity contribution in [3.63, 3.8) is 0 Å². The minimum Gasteiger partial charge on any atom is -0.490 e. The fourth-order valence-electron chi connectivity index (χ4n) is 5.29. The summed E-state index contributed by atoms with van der Waals surface area (Å²) in [6.07, 6.45) is -0.115. The number of halogens is 3. The molecule has 0 fully saturated rings. The first-order valence-electron chi connectivity index (χ1n) is 15.1. The summed E-state index contributed by atoms with van der Waals surface area (Å²) < 4.78 is 46.8. The molecule has 1 N–H and O–H groups in total. The first-order valence-corrected chi connectivity index (χ1v) is 15.1. The van der Waals surface area contributed by atoms with Gasteiger partial charge in [0, 0.05) is 19.5 Å². The Morgan fingerprint density at radius 2 is 1.67 bits per heavy atom. The van der Waals surface area contributed by atoms with E-state index in [4.69, 9.17) is 9.84 Å². The van der Waals surface area contributed by atoms with Gasteiger partial charge in [0.2, 0.25) is 5.95 Å². The Morgan fingerprint density at radius 1 is 0.933 bits per heavy atom. The minimum absolute atomic E-state index is 0.0122. The molecule has 0 spiro atoms. The molecule has 9 heteroatoms. The number of aliphatic carboxylic acids is 1. The number of carboxylic acid groups (broad SMARTS) is 1. The van der Waals surface area contributed by atoms with Crippen molar-refractivity contribution < 1.29 is 27.8 Å². The van der Waals surface area contributed by atoms with E-state index < -0.39 is 17.7 Å². The van der Waals surface area contributed by atoms with Crippen LogP contribution in [0, 0.1) is 20.8 Å². The summed E-state index contributed by atoms with van der Waals surface area (Å²) in [5.41, 5.74) is 6.92. The molecule has 1 aromatic heterocycles. The molecule has 0 saturated carbocycles. The molecule has 0 saturated heterocycles. The van der Waals surface area contributed by atoms with Gasteiger partial charge in [-0.3, -0.25) is 4.79 Å². The van der Waals surface area contributed by atoms with E-state index in [0.29, 0.717) is 41.7 Å². The van der Waals surface area contributed by atoms with Crippen LogP contribution in [-0.4, -0.2) is 27.7 Å². The fraction of sp³-hybridized carbons (Fsp3) is 0.361. The van der Waals surface area contributed by atoms with Crippen molar-refractivity contribution in [3.05, 3.63) is 106 Å². The highest BCUT2D eigenvalue weighted by molar-refractivity contribution is 5.72. The number of ether oxygens (including phenoxy) is 1. The van der Waals surface area contributed by atoms with Crippen molar-refractivity contribution in [2.45, 2.75) is 79.1 Å². The maximum Gasteiger partial charge on any atom is 0.416 e. The summed E-state index contributed by atoms with van der Waals surface area (Å²) >= 11 is 0. The number of carboxylic acids is 1. The molecule has 238 valence electrons. The van der Waals surface area contributed by atoms with Crippen molar-refractivity contribution in [2.24, 2.45) is 0 Å². The third-order valence-corrected chi connectivity index (χ3v) is 7.89. The lowest BCUT2D eigenvalue weighted by molar-refractivity contribution is -0.138. The molecule has 0 aliphatic carbocycles. The largest absolute Gasteiger partial charge is 0.490 e. The van der Waals surface area contributed by atoms with Crippen molar-refractivity contribution >= 4 is 11.9 Å². The number of rotatable bonds is 13. The van der Waals surface area contributed by atoms with Crippen molar-refractivity contribution in [2.75, 3.05) is 11.5 Å². The molecule has 0 radical (unpaired) electrons. The number of hydrogen-bond acceptors (Lipinski definition) is 5. The van der Waals surface area contributed by atoms with Gasteiger partial charge in [0.15, 0.2) is 5.75 Å². The fourth-order valence-corrected chi connectivity index (χ4v) is 5.29. The van der Waals surface area contributed by atoms with Crippen LogP contribution in [0.5, 0.6) is 5.75 Å². The van der Waals surface area contributed by atoms with Crippen LogP contribution in [-0.2, 0) is 24.1 Å². The maximum atomic E-state index is 13.7. The second kappa shape index (κ2) is 14.6. The highest BCUT2D eigenvalue weighted by atomic mass is 19.4. The molecule has 3 aromatic carbocycles. The summed E-state index contributed by atoms with van der Waals surface area (Å²) in [5.74, 6) is 0.216. The lowest BCUT2D eigenvalue weighted by Gasteiger charge is -2.26. The van der Waals surface area contributed by atoms with E-state index in [-0.39, 0.29) is 19.6 Å². The van der Waals surface area contributed by atoms with E-state index in [9.17, 15) is 18.0 Å². The molecule has 1 unspecified atom stereocenters. The van der Waals surface area contributed by atoms with Crippen LogP contribution >= 0.6 is 0 Å². The Balaban J connectivity index is 1.74. The first kappa shape index (κ1) is 33.5. The van der Waals surface area contributed by atoms with Gasteiger partial charge in [-0.2, -0.15) is 13.2 Å². The Bertz CT molecular complexity index is 1620. The molecular formula is C36H40F3N3O3. The lowest BCUT2D eigenvalue weighted by atomic mass is 9.89. The summed E-state index contributed by atoms with van der Waals surface area (Å²) in [7, 11) is 0. The van der Waals surface area contributed by atoms with Gasteiger partial charge in [-0.05, 0) is 85.0 Å². The van der Waals surface area contributed by atoms with Crippen LogP contribution in [0.15, 0.2) is 67.0 Å². The quantitative estimate of drug-likeness (QED) is 0.151. The van der Waals surface area contributed by atoms with Gasteiger partial charge in [-0.15, -0.1) is 0 Å². The minimum atomic E-state index is -4.47. The molecule has 4 aromatic rings. The van der Waals surface area contributed by atoms with E-state index in [2.05, 4.69) is 67.1 Å². The van der Waals surface area contributed by atoms with Crippen molar-refractivity contribution in [3.8, 4) is 16.9 Å². The number of anilines is 1. The second-order valence-corrected chi connectivity index (χ2v) is 11.7. The van der Waals surface area contributed by atoms with E-state index in [1.807, 2.05) is 11.8 Å². The zero-order chi connectivity index (χ0) is 32.7. The van der Waals surface area contributed by atoms with Crippen molar-refractivity contribution in [1.29, 1.82) is 0 Å². The predicted molar refractivity (Wildman–Crippen MR) is 171 cm³/mol. The highest BCUT2D eigenvalue weighted by Crippen LogP contribution is 2.34. The third kappa shape index (κ3) is 9.06. The smallest absolute Gasteiger partial charge is 0.416 e. The second-order valence-electron chi connectivity index (χ2n) is 11.7. The molecule has 0 amide bonds. The maximum absolute atomic E-state index is 13.7. The first-order chi connectivity index (χ1) is 21.3. The van der Waals surface area contributed by atoms with Crippen molar-refractivity contribution in [1.82, 2.24) is 9.97 Å². The van der Waals surface area contributed by atoms with Gasteiger partial charge in [-0.25, -0.2) is 9.97 Å². The van der Waals surface area contributed by atoms with Crippen LogP contribution in [0.25, 0.3) is 11.1 Å². The Hall–Kier alpha value is -4.40. The molecule has 0 aliphatic heterocycles. The number of alkyl halides is 3. The van der Waals surface area contributed by atoms with E-state index >= 15 is 0 Å². The predicted octanol–water partition coefficient (Wildman–Crippen LogP) is 9.05. The van der Waals surface area contributed by atoms with Gasteiger partial charge in [0.25, 0.3) is 0 Å². The summed E-state index contributed by atoms with van der Waals surface area (Å²) in [5, 5.41) is 8.85. The van der Waals surface area contributed by atoms with Gasteiger partial charge < -0.3 is 14.7 Å². The zero-order valence-electron chi connectivity index (χ0n) is 26.4. The Morgan fingerprint density at radius 3 is 2.33 bits per heavy atom. The lowest BCUT2D eigenvalue weighted by Crippen LogP contribution is -2.25. The third-order valence-electron chi connectivity index (χ3n) is 7.89. The highest BCUT2D eigenvalue weighted by Gasteiger charge is 2.31. The number of benzene rings is 3. The average molecular weight is 620 g/mol. The van der Waals surface area contributed by atoms with Crippen LogP contribution in [0.2, 0.25) is 0 Å². The SMILES string of the molecule is CCC(C)c1ccc(C)c(-c2ccc(C)cc2CN(Cc2cc(C)cc(C(F)(F)F)c2)c2ncc(OCCCC(=O)O)cn2)c1. The Labute approximate surface area is 262 Å². The topological polar surface area (TPSA) is 75.6 Å². The van der Waals surface area contributed by atoms with Crippen LogP contribution in [0.1, 0.15) is 78.0 Å². The molecule has 1 heterocycles. The van der Waals surface area contributed by atoms with Crippen LogP contribution < -0.4 is 9.64 Å². The summed E-state index contributed by atoms with van der Waals surface area (Å²) in [4.78, 5) is 21.7. The number of nitrogens with zero attached hydrogens (tertiary/aromatic N) is 3. The van der Waals surface area contributed by atoms with E-state index in [1.165, 1.54) is 24.0 Å².